The fourth-order valence-electron chi connectivity index (χ4n) is 4.65. The van der Waals surface area contributed by atoms with Crippen molar-refractivity contribution < 1.29 is 13.2 Å². The van der Waals surface area contributed by atoms with Gasteiger partial charge >= 0.3 is 0 Å². The van der Waals surface area contributed by atoms with E-state index in [-0.39, 0.29) is 0 Å². The summed E-state index contributed by atoms with van der Waals surface area (Å²) in [6, 6.07) is 14.9. The second-order valence-corrected chi connectivity index (χ2v) is 8.67. The second kappa shape index (κ2) is 9.77. The van der Waals surface area contributed by atoms with Gasteiger partial charge in [-0.15, -0.1) is 5.10 Å². The Kier molecular flexibility index (Phi) is 6.40. The summed E-state index contributed by atoms with van der Waals surface area (Å²) in [5.41, 5.74) is 3.77. The highest BCUT2D eigenvalue weighted by Gasteiger charge is 2.22. The van der Waals surface area contributed by atoms with Gasteiger partial charge in [-0.25, -0.2) is 18.4 Å². The van der Waals surface area contributed by atoms with E-state index in [4.69, 9.17) is 0 Å². The van der Waals surface area contributed by atoms with Gasteiger partial charge in [0.05, 0.1) is 6.20 Å². The molecule has 0 bridgehead atoms. The SMILES string of the molecule is Fc1ccc(C2CCN(Cc3ccc(C(c4ccc(F)c(F)c4)n4ccnn4)cc3)CC2)cn1. The minimum Gasteiger partial charge on any atom is -0.299 e. The molecule has 34 heavy (non-hydrogen) atoms. The first-order chi connectivity index (χ1) is 16.6. The minimum absolute atomic E-state index is 0.409. The van der Waals surface area contributed by atoms with Crippen molar-refractivity contribution in [3.8, 4) is 0 Å². The Bertz CT molecular complexity index is 1220. The number of aromatic nitrogens is 4. The highest BCUT2D eigenvalue weighted by Crippen LogP contribution is 2.30. The van der Waals surface area contributed by atoms with Crippen LogP contribution in [0.4, 0.5) is 13.2 Å². The molecule has 0 radical (unpaired) electrons. The van der Waals surface area contributed by atoms with Crippen LogP contribution < -0.4 is 0 Å². The van der Waals surface area contributed by atoms with E-state index in [9.17, 15) is 13.2 Å². The summed E-state index contributed by atoms with van der Waals surface area (Å²) in [7, 11) is 0. The summed E-state index contributed by atoms with van der Waals surface area (Å²) in [5, 5.41) is 7.97. The number of benzene rings is 2. The van der Waals surface area contributed by atoms with Crippen molar-refractivity contribution in [1.29, 1.82) is 0 Å². The van der Waals surface area contributed by atoms with Gasteiger partial charge in [-0.1, -0.05) is 41.6 Å². The summed E-state index contributed by atoms with van der Waals surface area (Å²) in [4.78, 5) is 6.19. The molecule has 1 aliphatic heterocycles. The molecule has 0 saturated carbocycles. The predicted molar refractivity (Wildman–Crippen MR) is 122 cm³/mol. The van der Waals surface area contributed by atoms with Crippen LogP contribution >= 0.6 is 0 Å². The largest absolute Gasteiger partial charge is 0.299 e. The quantitative estimate of drug-likeness (QED) is 0.373. The number of pyridine rings is 1. The molecule has 5 nitrogen and oxygen atoms in total. The first kappa shape index (κ1) is 22.3. The smallest absolute Gasteiger partial charge is 0.212 e. The standard InChI is InChI=1S/C26H24F3N5/c27-23-7-5-21(15-24(23)28)26(34-14-11-31-32-34)20-3-1-18(2-4-20)17-33-12-9-19(10-13-33)22-6-8-25(29)30-16-22/h1-8,11,14-16,19,26H,9-10,12-13,17H2. The van der Waals surface area contributed by atoms with Gasteiger partial charge in [0, 0.05) is 18.9 Å². The lowest BCUT2D eigenvalue weighted by atomic mass is 9.90. The van der Waals surface area contributed by atoms with Crippen LogP contribution in [0, 0.1) is 17.6 Å². The zero-order valence-corrected chi connectivity index (χ0v) is 18.5. The number of likely N-dealkylation sites (tertiary alicyclic amines) is 1. The molecule has 1 fully saturated rings. The van der Waals surface area contributed by atoms with Crippen LogP contribution in [0.1, 0.15) is 47.1 Å². The molecule has 5 rings (SSSR count). The highest BCUT2D eigenvalue weighted by atomic mass is 19.2. The molecule has 1 unspecified atom stereocenters. The van der Waals surface area contributed by atoms with E-state index in [1.165, 1.54) is 17.7 Å². The number of piperidine rings is 1. The van der Waals surface area contributed by atoms with E-state index >= 15 is 0 Å². The van der Waals surface area contributed by atoms with Crippen LogP contribution in [-0.2, 0) is 6.54 Å². The lowest BCUT2D eigenvalue weighted by Gasteiger charge is -2.32. The molecule has 0 amide bonds. The molecule has 4 aromatic rings. The Balaban J connectivity index is 1.27. The molecule has 0 spiro atoms. The highest BCUT2D eigenvalue weighted by molar-refractivity contribution is 5.35. The zero-order chi connectivity index (χ0) is 23.5. The van der Waals surface area contributed by atoms with Crippen molar-refractivity contribution in [2.24, 2.45) is 0 Å². The average Bonchev–Trinajstić information content (AvgIpc) is 3.38. The molecular weight excluding hydrogens is 439 g/mol. The molecule has 8 heteroatoms. The van der Waals surface area contributed by atoms with Crippen molar-refractivity contribution in [1.82, 2.24) is 24.9 Å². The summed E-state index contributed by atoms with van der Waals surface area (Å²) < 4.78 is 42.1. The van der Waals surface area contributed by atoms with Crippen molar-refractivity contribution in [3.05, 3.63) is 113 Å². The predicted octanol–water partition coefficient (Wildman–Crippen LogP) is 5.11. The fourth-order valence-corrected chi connectivity index (χ4v) is 4.65. The Morgan fingerprint density at radius 2 is 1.65 bits per heavy atom. The third-order valence-corrected chi connectivity index (χ3v) is 6.48. The van der Waals surface area contributed by atoms with Gasteiger partial charge in [0.25, 0.3) is 0 Å². The maximum absolute atomic E-state index is 13.9. The Morgan fingerprint density at radius 1 is 0.882 bits per heavy atom. The van der Waals surface area contributed by atoms with Gasteiger partial charge < -0.3 is 0 Å². The number of halogens is 3. The van der Waals surface area contributed by atoms with Crippen molar-refractivity contribution in [3.63, 3.8) is 0 Å². The Morgan fingerprint density at radius 3 is 2.29 bits per heavy atom. The van der Waals surface area contributed by atoms with Gasteiger partial charge in [-0.05, 0) is 72.3 Å². The molecule has 1 aliphatic rings. The Hall–Kier alpha value is -3.52. The first-order valence-corrected chi connectivity index (χ1v) is 11.3. The van der Waals surface area contributed by atoms with Crippen molar-refractivity contribution >= 4 is 0 Å². The fraction of sp³-hybridized carbons (Fsp3) is 0.269. The van der Waals surface area contributed by atoms with Crippen LogP contribution in [0.3, 0.4) is 0 Å². The van der Waals surface area contributed by atoms with E-state index in [0.717, 1.165) is 49.7 Å². The summed E-state index contributed by atoms with van der Waals surface area (Å²) >= 11 is 0. The molecule has 1 saturated heterocycles. The van der Waals surface area contributed by atoms with E-state index < -0.39 is 23.6 Å². The average molecular weight is 464 g/mol. The molecule has 2 aromatic heterocycles. The third-order valence-electron chi connectivity index (χ3n) is 6.48. The number of hydrogen-bond donors (Lipinski definition) is 0. The van der Waals surface area contributed by atoms with Crippen molar-refractivity contribution in [2.75, 3.05) is 13.1 Å². The molecule has 3 heterocycles. The first-order valence-electron chi connectivity index (χ1n) is 11.3. The van der Waals surface area contributed by atoms with Gasteiger partial charge in [0.1, 0.15) is 6.04 Å². The lowest BCUT2D eigenvalue weighted by molar-refractivity contribution is 0.204. The number of hydrogen-bond acceptors (Lipinski definition) is 4. The molecule has 174 valence electrons. The minimum atomic E-state index is -0.890. The monoisotopic (exact) mass is 463 g/mol. The summed E-state index contributed by atoms with van der Waals surface area (Å²) in [5.74, 6) is -1.80. The molecular formula is C26H24F3N5. The molecule has 1 atom stereocenters. The second-order valence-electron chi connectivity index (χ2n) is 8.67. The van der Waals surface area contributed by atoms with Crippen LogP contribution in [0.2, 0.25) is 0 Å². The zero-order valence-electron chi connectivity index (χ0n) is 18.5. The topological polar surface area (TPSA) is 46.8 Å². The van der Waals surface area contributed by atoms with Crippen LogP contribution in [-0.4, -0.2) is 38.0 Å². The van der Waals surface area contributed by atoms with Crippen LogP contribution in [0.5, 0.6) is 0 Å². The maximum atomic E-state index is 13.9. The lowest BCUT2D eigenvalue weighted by Crippen LogP contribution is -2.32. The van der Waals surface area contributed by atoms with Gasteiger partial charge in [-0.3, -0.25) is 4.90 Å². The van der Waals surface area contributed by atoms with Crippen LogP contribution in [0.25, 0.3) is 0 Å². The summed E-state index contributed by atoms with van der Waals surface area (Å²) in [6.07, 6.45) is 6.94. The van der Waals surface area contributed by atoms with Gasteiger partial charge in [0.2, 0.25) is 5.95 Å². The van der Waals surface area contributed by atoms with E-state index in [2.05, 4.69) is 32.3 Å². The van der Waals surface area contributed by atoms with Crippen LogP contribution in [0.15, 0.2) is 73.2 Å². The molecule has 0 aliphatic carbocycles. The van der Waals surface area contributed by atoms with Gasteiger partial charge in [0.15, 0.2) is 11.6 Å². The summed E-state index contributed by atoms with van der Waals surface area (Å²) in [6.45, 7) is 2.74. The van der Waals surface area contributed by atoms with E-state index in [0.29, 0.717) is 11.5 Å². The molecule has 2 aromatic carbocycles. The third kappa shape index (κ3) is 4.87. The van der Waals surface area contributed by atoms with Crippen molar-refractivity contribution in [2.45, 2.75) is 31.3 Å². The molecule has 0 N–H and O–H groups in total. The normalized spacial score (nSPS) is 16.0. The van der Waals surface area contributed by atoms with E-state index in [1.54, 1.807) is 29.3 Å². The Labute approximate surface area is 195 Å². The number of rotatable bonds is 6. The van der Waals surface area contributed by atoms with Gasteiger partial charge in [-0.2, -0.15) is 4.39 Å². The van der Waals surface area contributed by atoms with E-state index in [1.807, 2.05) is 18.2 Å². The maximum Gasteiger partial charge on any atom is 0.212 e. The number of nitrogens with zero attached hydrogens (tertiary/aromatic N) is 5.